The maximum Gasteiger partial charge on any atom is 0.257 e. The zero-order valence-electron chi connectivity index (χ0n) is 10.7. The van der Waals surface area contributed by atoms with Crippen molar-refractivity contribution in [1.82, 2.24) is 4.90 Å². The predicted molar refractivity (Wildman–Crippen MR) is 75.5 cm³/mol. The highest BCUT2D eigenvalue weighted by Crippen LogP contribution is 2.37. The third-order valence-electron chi connectivity index (χ3n) is 4.44. The standard InChI is InChI=1S/C15H17BrFNO/c16-12-7-2-6-11(14(12)17)15(19)18-9-3-5-10-4-1-8-13(10)18/h2,6-7,10,13H,1,3-5,8-9H2. The predicted octanol–water partition coefficient (Wildman–Crippen LogP) is 3.99. The van der Waals surface area contributed by atoms with Crippen molar-refractivity contribution in [2.24, 2.45) is 5.92 Å². The molecule has 0 N–H and O–H groups in total. The number of hydrogen-bond acceptors (Lipinski definition) is 1. The number of nitrogens with zero attached hydrogens (tertiary/aromatic N) is 1. The Bertz CT molecular complexity index is 505. The smallest absolute Gasteiger partial charge is 0.257 e. The van der Waals surface area contributed by atoms with Crippen molar-refractivity contribution in [2.75, 3.05) is 6.54 Å². The van der Waals surface area contributed by atoms with E-state index in [1.54, 1.807) is 18.2 Å². The fourth-order valence-electron chi connectivity index (χ4n) is 3.53. The van der Waals surface area contributed by atoms with E-state index in [9.17, 15) is 9.18 Å². The molecule has 4 heteroatoms. The van der Waals surface area contributed by atoms with Gasteiger partial charge in [0.1, 0.15) is 5.82 Å². The second-order valence-corrected chi connectivity index (χ2v) is 6.35. The van der Waals surface area contributed by atoms with Crippen LogP contribution in [-0.4, -0.2) is 23.4 Å². The van der Waals surface area contributed by atoms with E-state index in [1.807, 2.05) is 4.90 Å². The van der Waals surface area contributed by atoms with Crippen LogP contribution in [0.2, 0.25) is 0 Å². The molecular formula is C15H17BrFNO. The third kappa shape index (κ3) is 2.31. The van der Waals surface area contributed by atoms with Gasteiger partial charge in [-0.1, -0.05) is 12.5 Å². The van der Waals surface area contributed by atoms with Crippen LogP contribution < -0.4 is 0 Å². The van der Waals surface area contributed by atoms with E-state index in [0.717, 1.165) is 19.4 Å². The highest BCUT2D eigenvalue weighted by Gasteiger charge is 2.38. The van der Waals surface area contributed by atoms with Gasteiger partial charge in [-0.3, -0.25) is 4.79 Å². The molecule has 0 spiro atoms. The number of halogens is 2. The number of amides is 1. The van der Waals surface area contributed by atoms with E-state index in [0.29, 0.717) is 16.4 Å². The summed E-state index contributed by atoms with van der Waals surface area (Å²) in [6.07, 6.45) is 5.75. The number of carbonyl (C=O) groups is 1. The molecule has 0 aromatic heterocycles. The largest absolute Gasteiger partial charge is 0.335 e. The van der Waals surface area contributed by atoms with E-state index < -0.39 is 5.82 Å². The van der Waals surface area contributed by atoms with Crippen LogP contribution in [-0.2, 0) is 0 Å². The Labute approximate surface area is 121 Å². The van der Waals surface area contributed by atoms with Gasteiger partial charge in [0.15, 0.2) is 0 Å². The molecule has 2 unspecified atom stereocenters. The zero-order valence-corrected chi connectivity index (χ0v) is 12.3. The number of rotatable bonds is 1. The SMILES string of the molecule is O=C(c1cccc(Br)c1F)N1CCCC2CCCC21. The summed E-state index contributed by atoms with van der Waals surface area (Å²) in [6, 6.07) is 5.26. The molecule has 1 aromatic carbocycles. The van der Waals surface area contributed by atoms with Crippen LogP contribution in [0.15, 0.2) is 22.7 Å². The van der Waals surface area contributed by atoms with Gasteiger partial charge in [-0.05, 0) is 59.7 Å². The average molecular weight is 326 g/mol. The average Bonchev–Trinajstić information content (AvgIpc) is 2.89. The number of likely N-dealkylation sites (tertiary alicyclic amines) is 1. The summed E-state index contributed by atoms with van der Waals surface area (Å²) in [5.74, 6) is 0.0518. The van der Waals surface area contributed by atoms with Gasteiger partial charge >= 0.3 is 0 Å². The molecule has 1 amide bonds. The van der Waals surface area contributed by atoms with Crippen LogP contribution in [0, 0.1) is 11.7 Å². The molecule has 1 saturated carbocycles. The van der Waals surface area contributed by atoms with E-state index >= 15 is 0 Å². The van der Waals surface area contributed by atoms with E-state index in [4.69, 9.17) is 0 Å². The van der Waals surface area contributed by atoms with Crippen LogP contribution >= 0.6 is 15.9 Å². The summed E-state index contributed by atoms with van der Waals surface area (Å²) >= 11 is 3.15. The lowest BCUT2D eigenvalue weighted by Gasteiger charge is -2.38. The first-order chi connectivity index (χ1) is 9.18. The van der Waals surface area contributed by atoms with Crippen LogP contribution in [0.3, 0.4) is 0 Å². The Morgan fingerprint density at radius 1 is 1.26 bits per heavy atom. The first-order valence-corrected chi connectivity index (χ1v) is 7.73. The first-order valence-electron chi connectivity index (χ1n) is 6.93. The number of hydrogen-bond donors (Lipinski definition) is 0. The van der Waals surface area contributed by atoms with Crippen molar-refractivity contribution >= 4 is 21.8 Å². The van der Waals surface area contributed by atoms with Gasteiger partial charge in [0.2, 0.25) is 0 Å². The molecule has 19 heavy (non-hydrogen) atoms. The molecule has 2 atom stereocenters. The van der Waals surface area contributed by atoms with E-state index in [2.05, 4.69) is 15.9 Å². The zero-order chi connectivity index (χ0) is 13.4. The van der Waals surface area contributed by atoms with Gasteiger partial charge in [-0.2, -0.15) is 0 Å². The van der Waals surface area contributed by atoms with Crippen molar-refractivity contribution in [3.05, 3.63) is 34.1 Å². The Balaban J connectivity index is 1.88. The number of piperidine rings is 1. The lowest BCUT2D eigenvalue weighted by molar-refractivity contribution is 0.0543. The minimum atomic E-state index is -0.437. The van der Waals surface area contributed by atoms with Gasteiger partial charge in [0, 0.05) is 12.6 Å². The fraction of sp³-hybridized carbons (Fsp3) is 0.533. The van der Waals surface area contributed by atoms with Gasteiger partial charge in [0.25, 0.3) is 5.91 Å². The Kier molecular flexibility index (Phi) is 3.61. The van der Waals surface area contributed by atoms with Crippen LogP contribution in [0.4, 0.5) is 4.39 Å². The maximum absolute atomic E-state index is 14.1. The molecule has 2 nitrogen and oxygen atoms in total. The number of benzene rings is 1. The molecular weight excluding hydrogens is 309 g/mol. The fourth-order valence-corrected chi connectivity index (χ4v) is 3.90. The van der Waals surface area contributed by atoms with E-state index in [-0.39, 0.29) is 11.5 Å². The molecule has 2 fully saturated rings. The second-order valence-electron chi connectivity index (χ2n) is 5.50. The van der Waals surface area contributed by atoms with Crippen molar-refractivity contribution < 1.29 is 9.18 Å². The van der Waals surface area contributed by atoms with Crippen molar-refractivity contribution in [1.29, 1.82) is 0 Å². The van der Waals surface area contributed by atoms with Crippen LogP contribution in [0.1, 0.15) is 42.5 Å². The summed E-state index contributed by atoms with van der Waals surface area (Å²) in [4.78, 5) is 14.5. The van der Waals surface area contributed by atoms with Gasteiger partial charge in [-0.25, -0.2) is 4.39 Å². The summed E-state index contributed by atoms with van der Waals surface area (Å²) in [6.45, 7) is 0.770. The molecule has 1 aromatic rings. The minimum absolute atomic E-state index is 0.143. The molecule has 1 aliphatic carbocycles. The topological polar surface area (TPSA) is 20.3 Å². The molecule has 1 aliphatic heterocycles. The lowest BCUT2D eigenvalue weighted by atomic mass is 9.91. The monoisotopic (exact) mass is 325 g/mol. The van der Waals surface area contributed by atoms with E-state index in [1.165, 1.54) is 19.3 Å². The molecule has 3 rings (SSSR count). The lowest BCUT2D eigenvalue weighted by Crippen LogP contribution is -2.46. The summed E-state index contributed by atoms with van der Waals surface area (Å²) in [5, 5.41) is 0. The van der Waals surface area contributed by atoms with Crippen molar-refractivity contribution in [3.63, 3.8) is 0 Å². The summed E-state index contributed by atoms with van der Waals surface area (Å²) < 4.78 is 14.4. The second kappa shape index (κ2) is 5.23. The Morgan fingerprint density at radius 3 is 2.89 bits per heavy atom. The highest BCUT2D eigenvalue weighted by atomic mass is 79.9. The normalized spacial score (nSPS) is 26.3. The van der Waals surface area contributed by atoms with Gasteiger partial charge in [0.05, 0.1) is 10.0 Å². The minimum Gasteiger partial charge on any atom is -0.335 e. The molecule has 0 radical (unpaired) electrons. The number of carbonyl (C=O) groups excluding carboxylic acids is 1. The molecule has 0 bridgehead atoms. The van der Waals surface area contributed by atoms with Crippen molar-refractivity contribution in [3.8, 4) is 0 Å². The first kappa shape index (κ1) is 13.1. The molecule has 2 aliphatic rings. The third-order valence-corrected chi connectivity index (χ3v) is 5.05. The summed E-state index contributed by atoms with van der Waals surface area (Å²) in [5.41, 5.74) is 0.196. The molecule has 1 saturated heterocycles. The van der Waals surface area contributed by atoms with Crippen LogP contribution in [0.25, 0.3) is 0 Å². The summed E-state index contributed by atoms with van der Waals surface area (Å²) in [7, 11) is 0. The van der Waals surface area contributed by atoms with Crippen molar-refractivity contribution in [2.45, 2.75) is 38.1 Å². The Morgan fingerprint density at radius 2 is 2.05 bits per heavy atom. The number of fused-ring (bicyclic) bond motifs is 1. The highest BCUT2D eigenvalue weighted by molar-refractivity contribution is 9.10. The van der Waals surface area contributed by atoms with Crippen LogP contribution in [0.5, 0.6) is 0 Å². The quantitative estimate of drug-likeness (QED) is 0.764. The molecule has 102 valence electrons. The Hall–Kier alpha value is -0.900. The van der Waals surface area contributed by atoms with Gasteiger partial charge < -0.3 is 4.90 Å². The van der Waals surface area contributed by atoms with Gasteiger partial charge in [-0.15, -0.1) is 0 Å². The maximum atomic E-state index is 14.1. The molecule has 1 heterocycles.